The van der Waals surface area contributed by atoms with Crippen LogP contribution in [-0.4, -0.2) is 34.6 Å². The summed E-state index contributed by atoms with van der Waals surface area (Å²) in [6.45, 7) is 2.15. The van der Waals surface area contributed by atoms with Gasteiger partial charge >= 0.3 is 0 Å². The Morgan fingerprint density at radius 3 is 2.83 bits per heavy atom. The number of rotatable bonds is 4. The van der Waals surface area contributed by atoms with E-state index in [1.54, 1.807) is 11.8 Å². The first kappa shape index (κ1) is 16.4. The van der Waals surface area contributed by atoms with E-state index < -0.39 is 0 Å². The Labute approximate surface area is 145 Å². The van der Waals surface area contributed by atoms with Crippen molar-refractivity contribution < 1.29 is 4.52 Å². The molecule has 1 saturated carbocycles. The molecule has 1 fully saturated rings. The molecular weight excluding hydrogens is 330 g/mol. The van der Waals surface area contributed by atoms with Crippen molar-refractivity contribution in [1.82, 2.24) is 10.1 Å². The smallest absolute Gasteiger partial charge is 0.167 e. The van der Waals surface area contributed by atoms with Gasteiger partial charge in [-0.25, -0.2) is 0 Å². The number of nitrogens with zero attached hydrogens (tertiary/aromatic N) is 3. The van der Waals surface area contributed by atoms with Crippen LogP contribution in [0.2, 0.25) is 5.02 Å². The van der Waals surface area contributed by atoms with Gasteiger partial charge in [0.2, 0.25) is 0 Å². The number of halogens is 1. The van der Waals surface area contributed by atoms with E-state index in [1.165, 1.54) is 12.8 Å². The maximum Gasteiger partial charge on any atom is 0.167 e. The highest BCUT2D eigenvalue weighted by Gasteiger charge is 2.35. The molecule has 1 aliphatic rings. The molecule has 0 saturated heterocycles. The average molecular weight is 350 g/mol. The van der Waals surface area contributed by atoms with E-state index in [9.17, 15) is 0 Å². The molecule has 1 unspecified atom stereocenters. The lowest BCUT2D eigenvalue weighted by molar-refractivity contribution is 0.311. The second-order valence-corrected chi connectivity index (χ2v) is 6.86. The lowest BCUT2D eigenvalue weighted by Gasteiger charge is -2.29. The molecular formula is C17H20ClN3OS. The summed E-state index contributed by atoms with van der Waals surface area (Å²) in [5.74, 6) is 0.740. The van der Waals surface area contributed by atoms with Gasteiger partial charge in [0.25, 0.3) is 0 Å². The summed E-state index contributed by atoms with van der Waals surface area (Å²) < 4.78 is 5.54. The Bertz CT molecular complexity index is 711. The minimum atomic E-state index is 0.130. The summed E-state index contributed by atoms with van der Waals surface area (Å²) in [5.41, 5.74) is 1.86. The number of benzene rings is 1. The Morgan fingerprint density at radius 2 is 2.22 bits per heavy atom. The lowest BCUT2D eigenvalue weighted by Crippen LogP contribution is -2.33. The van der Waals surface area contributed by atoms with Gasteiger partial charge in [-0.1, -0.05) is 40.7 Å². The topological polar surface area (TPSA) is 41.6 Å². The van der Waals surface area contributed by atoms with Crippen molar-refractivity contribution in [2.24, 2.45) is 4.99 Å². The highest BCUT2D eigenvalue weighted by molar-refractivity contribution is 8.13. The van der Waals surface area contributed by atoms with E-state index in [-0.39, 0.29) is 6.04 Å². The van der Waals surface area contributed by atoms with Gasteiger partial charge in [-0.05, 0) is 38.2 Å². The fraction of sp³-hybridized carbons (Fsp3) is 0.412. The highest BCUT2D eigenvalue weighted by Crippen LogP contribution is 2.37. The van der Waals surface area contributed by atoms with Crippen molar-refractivity contribution in [2.75, 3.05) is 13.3 Å². The number of hydrogen-bond donors (Lipinski definition) is 0. The van der Waals surface area contributed by atoms with Gasteiger partial charge in [-0.15, -0.1) is 0 Å². The van der Waals surface area contributed by atoms with Crippen molar-refractivity contribution in [1.29, 1.82) is 0 Å². The van der Waals surface area contributed by atoms with Crippen molar-refractivity contribution >= 4 is 28.5 Å². The van der Waals surface area contributed by atoms with Gasteiger partial charge in [0, 0.05) is 29.7 Å². The zero-order chi connectivity index (χ0) is 16.4. The SMILES string of the molecule is CN=C(SC)N(C1CC1)C(C)c1cc(-c2cccc(Cl)c2)on1. The minimum Gasteiger partial charge on any atom is -0.356 e. The summed E-state index contributed by atoms with van der Waals surface area (Å²) in [7, 11) is 1.84. The number of aromatic nitrogens is 1. The van der Waals surface area contributed by atoms with Gasteiger partial charge < -0.3 is 9.42 Å². The minimum absolute atomic E-state index is 0.130. The zero-order valence-corrected chi connectivity index (χ0v) is 15.1. The normalized spacial score (nSPS) is 16.4. The Hall–Kier alpha value is -1.46. The summed E-state index contributed by atoms with van der Waals surface area (Å²) in [6, 6.07) is 10.3. The molecule has 23 heavy (non-hydrogen) atoms. The van der Waals surface area contributed by atoms with Crippen LogP contribution in [0.3, 0.4) is 0 Å². The third-order valence-electron chi connectivity index (χ3n) is 4.02. The Kier molecular flexibility index (Phi) is 4.97. The van der Waals surface area contributed by atoms with Crippen LogP contribution in [0.15, 0.2) is 39.8 Å². The Morgan fingerprint density at radius 1 is 1.43 bits per heavy atom. The summed E-state index contributed by atoms with van der Waals surface area (Å²) >= 11 is 7.73. The maximum absolute atomic E-state index is 6.05. The van der Waals surface area contributed by atoms with E-state index in [4.69, 9.17) is 16.1 Å². The standard InChI is InChI=1S/C17H20ClN3OS/c1-11(21(14-7-8-14)17(19-2)23-3)15-10-16(22-20-15)12-5-4-6-13(18)9-12/h4-6,9-11,14H,7-8H2,1-3H3. The van der Waals surface area contributed by atoms with Crippen LogP contribution in [0.4, 0.5) is 0 Å². The molecule has 0 radical (unpaired) electrons. The lowest BCUT2D eigenvalue weighted by atomic mass is 10.1. The predicted molar refractivity (Wildman–Crippen MR) is 97.1 cm³/mol. The van der Waals surface area contributed by atoms with E-state index >= 15 is 0 Å². The molecule has 0 amide bonds. The summed E-state index contributed by atoms with van der Waals surface area (Å²) in [5, 5.41) is 6.02. The molecule has 0 spiro atoms. The monoisotopic (exact) mass is 349 g/mol. The van der Waals surface area contributed by atoms with Gasteiger partial charge in [0.05, 0.1) is 6.04 Å². The molecule has 1 aromatic heterocycles. The third-order valence-corrected chi connectivity index (χ3v) is 5.01. The molecule has 4 nitrogen and oxygen atoms in total. The van der Waals surface area contributed by atoms with Crippen LogP contribution in [0.5, 0.6) is 0 Å². The molecule has 1 heterocycles. The van der Waals surface area contributed by atoms with Gasteiger partial charge in [0.1, 0.15) is 5.69 Å². The number of thioether (sulfide) groups is 1. The fourth-order valence-electron chi connectivity index (χ4n) is 2.71. The van der Waals surface area contributed by atoms with Crippen molar-refractivity contribution in [3.63, 3.8) is 0 Å². The van der Waals surface area contributed by atoms with Gasteiger partial charge in [-0.3, -0.25) is 4.99 Å². The first-order valence-electron chi connectivity index (χ1n) is 7.65. The highest BCUT2D eigenvalue weighted by atomic mass is 35.5. The van der Waals surface area contributed by atoms with Crippen LogP contribution < -0.4 is 0 Å². The molecule has 122 valence electrons. The maximum atomic E-state index is 6.05. The second kappa shape index (κ2) is 6.97. The molecule has 1 aromatic carbocycles. The molecule has 0 aliphatic heterocycles. The summed E-state index contributed by atoms with van der Waals surface area (Å²) in [4.78, 5) is 6.77. The second-order valence-electron chi connectivity index (χ2n) is 5.65. The molecule has 6 heteroatoms. The van der Waals surface area contributed by atoms with Crippen molar-refractivity contribution in [2.45, 2.75) is 31.8 Å². The molecule has 0 bridgehead atoms. The van der Waals surface area contributed by atoms with E-state index in [1.807, 2.05) is 37.4 Å². The van der Waals surface area contributed by atoms with E-state index in [0.29, 0.717) is 11.1 Å². The zero-order valence-electron chi connectivity index (χ0n) is 13.5. The first-order chi connectivity index (χ1) is 11.1. The quantitative estimate of drug-likeness (QED) is 0.583. The summed E-state index contributed by atoms with van der Waals surface area (Å²) in [6.07, 6.45) is 4.48. The molecule has 1 aliphatic carbocycles. The predicted octanol–water partition coefficient (Wildman–Crippen LogP) is 4.87. The van der Waals surface area contributed by atoms with Crippen LogP contribution in [0.1, 0.15) is 31.5 Å². The van der Waals surface area contributed by atoms with Crippen LogP contribution in [0.25, 0.3) is 11.3 Å². The fourth-order valence-corrected chi connectivity index (χ4v) is 3.60. The molecule has 0 N–H and O–H groups in total. The molecule has 3 rings (SSSR count). The number of amidine groups is 1. The van der Waals surface area contributed by atoms with Crippen LogP contribution in [-0.2, 0) is 0 Å². The van der Waals surface area contributed by atoms with Crippen molar-refractivity contribution in [3.05, 3.63) is 41.0 Å². The third kappa shape index (κ3) is 3.56. The number of hydrogen-bond acceptors (Lipinski definition) is 4. The largest absolute Gasteiger partial charge is 0.356 e. The molecule has 1 atom stereocenters. The van der Waals surface area contributed by atoms with Crippen molar-refractivity contribution in [3.8, 4) is 11.3 Å². The Balaban J connectivity index is 1.86. The number of aliphatic imine (C=N–C) groups is 1. The molecule has 2 aromatic rings. The van der Waals surface area contributed by atoms with E-state index in [0.717, 1.165) is 22.2 Å². The average Bonchev–Trinajstić information content (AvgIpc) is 3.26. The van der Waals surface area contributed by atoms with E-state index in [2.05, 4.69) is 28.2 Å². The van der Waals surface area contributed by atoms with Gasteiger partial charge in [0.15, 0.2) is 10.9 Å². The van der Waals surface area contributed by atoms with Gasteiger partial charge in [-0.2, -0.15) is 0 Å². The van der Waals surface area contributed by atoms with Crippen LogP contribution >= 0.6 is 23.4 Å². The first-order valence-corrected chi connectivity index (χ1v) is 9.26. The van der Waals surface area contributed by atoms with Crippen LogP contribution in [0, 0.1) is 0 Å².